The van der Waals surface area contributed by atoms with Crippen LogP contribution in [-0.4, -0.2) is 44.6 Å². The Bertz CT molecular complexity index is 996. The Morgan fingerprint density at radius 3 is 2.47 bits per heavy atom. The van der Waals surface area contributed by atoms with Crippen LogP contribution in [0.1, 0.15) is 36.8 Å². The number of amides is 2. The van der Waals surface area contributed by atoms with Crippen molar-refractivity contribution in [2.75, 3.05) is 36.5 Å². The fourth-order valence-corrected chi connectivity index (χ4v) is 5.25. The summed E-state index contributed by atoms with van der Waals surface area (Å²) in [6.07, 6.45) is 5.53. The number of nitrogens with zero attached hydrogens (tertiary/aromatic N) is 2. The monoisotopic (exact) mass is 433 g/mol. The zero-order chi connectivity index (χ0) is 22.1. The minimum absolute atomic E-state index is 0.0184. The zero-order valence-corrected chi connectivity index (χ0v) is 18.7. The van der Waals surface area contributed by atoms with E-state index >= 15 is 0 Å². The number of ether oxygens (including phenoxy) is 1. The van der Waals surface area contributed by atoms with Crippen LogP contribution in [0.3, 0.4) is 0 Å². The molecule has 5 rings (SSSR count). The number of hydrogen-bond donors (Lipinski definition) is 1. The molecule has 2 saturated heterocycles. The summed E-state index contributed by atoms with van der Waals surface area (Å²) in [6.45, 7) is 2.29. The molecule has 0 spiro atoms. The predicted octanol–water partition coefficient (Wildman–Crippen LogP) is 3.32. The molecular formula is C26H31N3O3. The molecular weight excluding hydrogens is 402 g/mol. The molecule has 32 heavy (non-hydrogen) atoms. The fourth-order valence-electron chi connectivity index (χ4n) is 5.25. The summed E-state index contributed by atoms with van der Waals surface area (Å²) in [4.78, 5) is 29.7. The van der Waals surface area contributed by atoms with Gasteiger partial charge in [0.25, 0.3) is 0 Å². The minimum atomic E-state index is -0.268. The van der Waals surface area contributed by atoms with Crippen LogP contribution in [0.4, 0.5) is 11.4 Å². The number of benzene rings is 2. The minimum Gasteiger partial charge on any atom is -0.497 e. The Morgan fingerprint density at radius 2 is 1.72 bits per heavy atom. The largest absolute Gasteiger partial charge is 0.497 e. The molecule has 0 bridgehead atoms. The number of anilines is 2. The van der Waals surface area contributed by atoms with E-state index < -0.39 is 0 Å². The van der Waals surface area contributed by atoms with E-state index in [1.807, 2.05) is 18.2 Å². The molecule has 2 heterocycles. The van der Waals surface area contributed by atoms with Crippen LogP contribution in [0.15, 0.2) is 42.5 Å². The number of carbonyl (C=O) groups is 2. The maximum atomic E-state index is 12.9. The lowest BCUT2D eigenvalue weighted by molar-refractivity contribution is -0.127. The topological polar surface area (TPSA) is 61.9 Å². The van der Waals surface area contributed by atoms with Gasteiger partial charge in [0.1, 0.15) is 5.75 Å². The number of aryl methyl sites for hydroxylation is 2. The molecule has 168 valence electrons. The third-order valence-electron chi connectivity index (χ3n) is 7.17. The van der Waals surface area contributed by atoms with Gasteiger partial charge >= 0.3 is 0 Å². The second kappa shape index (κ2) is 8.85. The van der Waals surface area contributed by atoms with Crippen molar-refractivity contribution >= 4 is 23.2 Å². The molecule has 0 aromatic heterocycles. The first-order valence-electron chi connectivity index (χ1n) is 11.7. The highest BCUT2D eigenvalue weighted by atomic mass is 16.5. The van der Waals surface area contributed by atoms with Gasteiger partial charge in [0.05, 0.1) is 13.0 Å². The van der Waals surface area contributed by atoms with E-state index in [9.17, 15) is 9.59 Å². The lowest BCUT2D eigenvalue weighted by Crippen LogP contribution is -2.46. The first kappa shape index (κ1) is 20.9. The van der Waals surface area contributed by atoms with E-state index in [-0.39, 0.29) is 23.8 Å². The molecule has 0 radical (unpaired) electrons. The number of fused-ring (bicyclic) bond motifs is 1. The standard InChI is InChI=1S/C26H31N3O3/c1-32-24-9-7-22(8-10-24)28-13-11-21(12-14-28)27-26(31)20-16-25(30)29(17-20)23-6-5-18-3-2-4-19(18)15-23/h5-10,15,20-21H,2-4,11-14,16-17H2,1H3,(H,27,31). The first-order chi connectivity index (χ1) is 15.6. The third kappa shape index (κ3) is 4.18. The summed E-state index contributed by atoms with van der Waals surface area (Å²) in [5.41, 5.74) is 4.88. The molecule has 1 atom stereocenters. The number of nitrogens with one attached hydrogen (secondary N) is 1. The van der Waals surface area contributed by atoms with Gasteiger partial charge < -0.3 is 19.9 Å². The molecule has 6 heteroatoms. The van der Waals surface area contributed by atoms with Crippen molar-refractivity contribution in [1.29, 1.82) is 0 Å². The summed E-state index contributed by atoms with van der Waals surface area (Å²) < 4.78 is 5.24. The lowest BCUT2D eigenvalue weighted by atomic mass is 10.0. The molecule has 3 aliphatic rings. The molecule has 2 amide bonds. The van der Waals surface area contributed by atoms with Gasteiger partial charge in [0, 0.05) is 43.5 Å². The second-order valence-corrected chi connectivity index (χ2v) is 9.18. The maximum Gasteiger partial charge on any atom is 0.227 e. The number of rotatable bonds is 5. The molecule has 6 nitrogen and oxygen atoms in total. The third-order valence-corrected chi connectivity index (χ3v) is 7.17. The van der Waals surface area contributed by atoms with Crippen LogP contribution in [0.5, 0.6) is 5.75 Å². The number of methoxy groups -OCH3 is 1. The quantitative estimate of drug-likeness (QED) is 0.786. The van der Waals surface area contributed by atoms with E-state index in [1.54, 1.807) is 12.0 Å². The Hall–Kier alpha value is -3.02. The van der Waals surface area contributed by atoms with Gasteiger partial charge in [0.2, 0.25) is 11.8 Å². The lowest BCUT2D eigenvalue weighted by Gasteiger charge is -2.34. The zero-order valence-electron chi connectivity index (χ0n) is 18.7. The van der Waals surface area contributed by atoms with Gasteiger partial charge in [-0.15, -0.1) is 0 Å². The van der Waals surface area contributed by atoms with E-state index in [0.717, 1.165) is 50.2 Å². The molecule has 0 saturated carbocycles. The highest BCUT2D eigenvalue weighted by molar-refractivity contribution is 6.00. The van der Waals surface area contributed by atoms with Crippen LogP contribution >= 0.6 is 0 Å². The number of hydrogen-bond acceptors (Lipinski definition) is 4. The average Bonchev–Trinajstić information content (AvgIpc) is 3.45. The predicted molar refractivity (Wildman–Crippen MR) is 125 cm³/mol. The average molecular weight is 434 g/mol. The van der Waals surface area contributed by atoms with Gasteiger partial charge in [-0.1, -0.05) is 6.07 Å². The molecule has 2 aromatic rings. The van der Waals surface area contributed by atoms with E-state index in [0.29, 0.717) is 13.0 Å². The van der Waals surface area contributed by atoms with Crippen molar-refractivity contribution < 1.29 is 14.3 Å². The molecule has 2 aliphatic heterocycles. The van der Waals surface area contributed by atoms with Crippen molar-refractivity contribution in [2.24, 2.45) is 5.92 Å². The van der Waals surface area contributed by atoms with Gasteiger partial charge in [-0.25, -0.2) is 0 Å². The second-order valence-electron chi connectivity index (χ2n) is 9.18. The first-order valence-corrected chi connectivity index (χ1v) is 11.7. The molecule has 1 N–H and O–H groups in total. The Balaban J connectivity index is 1.14. The normalized spacial score (nSPS) is 21.0. The fraction of sp³-hybridized carbons (Fsp3) is 0.462. The summed E-state index contributed by atoms with van der Waals surface area (Å²) >= 11 is 0. The Labute approximate surface area is 189 Å². The van der Waals surface area contributed by atoms with Crippen molar-refractivity contribution in [1.82, 2.24) is 5.32 Å². The summed E-state index contributed by atoms with van der Waals surface area (Å²) in [7, 11) is 1.67. The highest BCUT2D eigenvalue weighted by Gasteiger charge is 2.36. The number of piperidine rings is 1. The highest BCUT2D eigenvalue weighted by Crippen LogP contribution is 2.31. The van der Waals surface area contributed by atoms with Crippen molar-refractivity contribution in [3.8, 4) is 5.75 Å². The van der Waals surface area contributed by atoms with Crippen molar-refractivity contribution in [3.05, 3.63) is 53.6 Å². The maximum absolute atomic E-state index is 12.9. The Kier molecular flexibility index (Phi) is 5.77. The smallest absolute Gasteiger partial charge is 0.227 e. The molecule has 1 aliphatic carbocycles. The van der Waals surface area contributed by atoms with E-state index in [2.05, 4.69) is 34.5 Å². The van der Waals surface area contributed by atoms with Gasteiger partial charge in [-0.05, 0) is 79.6 Å². The molecule has 2 fully saturated rings. The van der Waals surface area contributed by atoms with Crippen LogP contribution in [0.25, 0.3) is 0 Å². The number of carbonyl (C=O) groups excluding carboxylic acids is 2. The molecule has 1 unspecified atom stereocenters. The van der Waals surface area contributed by atoms with Crippen molar-refractivity contribution in [3.63, 3.8) is 0 Å². The summed E-state index contributed by atoms with van der Waals surface area (Å²) in [6, 6.07) is 14.6. The molecule has 2 aromatic carbocycles. The van der Waals surface area contributed by atoms with E-state index in [1.165, 1.54) is 23.2 Å². The van der Waals surface area contributed by atoms with Crippen molar-refractivity contribution in [2.45, 2.75) is 44.6 Å². The SMILES string of the molecule is COc1ccc(N2CCC(NC(=O)C3CC(=O)N(c4ccc5c(c4)CCC5)C3)CC2)cc1. The Morgan fingerprint density at radius 1 is 1.00 bits per heavy atom. The van der Waals surface area contributed by atoms with Crippen LogP contribution in [0.2, 0.25) is 0 Å². The van der Waals surface area contributed by atoms with Gasteiger partial charge in [0.15, 0.2) is 0 Å². The van der Waals surface area contributed by atoms with Crippen LogP contribution in [0, 0.1) is 5.92 Å². The van der Waals surface area contributed by atoms with Crippen LogP contribution in [-0.2, 0) is 22.4 Å². The summed E-state index contributed by atoms with van der Waals surface area (Å²) in [5, 5.41) is 3.22. The van der Waals surface area contributed by atoms with Gasteiger partial charge in [-0.3, -0.25) is 9.59 Å². The van der Waals surface area contributed by atoms with Gasteiger partial charge in [-0.2, -0.15) is 0 Å². The van der Waals surface area contributed by atoms with Crippen LogP contribution < -0.4 is 19.9 Å². The summed E-state index contributed by atoms with van der Waals surface area (Å²) in [5.74, 6) is 0.661. The van der Waals surface area contributed by atoms with E-state index in [4.69, 9.17) is 4.74 Å².